The van der Waals surface area contributed by atoms with Crippen molar-refractivity contribution in [2.24, 2.45) is 0 Å². The van der Waals surface area contributed by atoms with Crippen LogP contribution in [-0.2, 0) is 9.59 Å². The Hall–Kier alpha value is -3.65. The smallest absolute Gasteiger partial charge is 0.262 e. The number of hydrogen-bond donors (Lipinski definition) is 2. The maximum Gasteiger partial charge on any atom is 0.262 e. The first-order valence-electron chi connectivity index (χ1n) is 10.6. The summed E-state index contributed by atoms with van der Waals surface area (Å²) in [6.07, 6.45) is 0.641. The fourth-order valence-corrected chi connectivity index (χ4v) is 4.21. The van der Waals surface area contributed by atoms with Crippen LogP contribution in [0.4, 0.5) is 11.4 Å². The Labute approximate surface area is 196 Å². The number of benzene rings is 3. The molecule has 4 rings (SSSR count). The number of carbonyl (C=O) groups is 2. The van der Waals surface area contributed by atoms with Crippen LogP contribution in [0.25, 0.3) is 0 Å². The summed E-state index contributed by atoms with van der Waals surface area (Å²) in [5.74, 6) is 1.56. The molecule has 2 amide bonds. The van der Waals surface area contributed by atoms with Gasteiger partial charge in [0, 0.05) is 22.3 Å². The Balaban J connectivity index is 1.33. The molecule has 3 aromatic rings. The van der Waals surface area contributed by atoms with E-state index in [0.29, 0.717) is 35.0 Å². The lowest BCUT2D eigenvalue weighted by Crippen LogP contribution is -2.24. The molecule has 1 aliphatic heterocycles. The molecule has 7 nitrogen and oxygen atoms in total. The molecule has 0 aromatic heterocycles. The Morgan fingerprint density at radius 3 is 2.55 bits per heavy atom. The summed E-state index contributed by atoms with van der Waals surface area (Å²) in [6, 6.07) is 21.9. The molecule has 1 heterocycles. The average Bonchev–Trinajstić information content (AvgIpc) is 3.30. The highest BCUT2D eigenvalue weighted by Crippen LogP contribution is 2.35. The molecule has 8 heteroatoms. The molecule has 33 heavy (non-hydrogen) atoms. The van der Waals surface area contributed by atoms with Crippen LogP contribution >= 0.6 is 11.8 Å². The van der Waals surface area contributed by atoms with Gasteiger partial charge in [-0.1, -0.05) is 31.2 Å². The maximum absolute atomic E-state index is 12.8. The number of thioether (sulfide) groups is 1. The lowest BCUT2D eigenvalue weighted by Gasteiger charge is -2.16. The minimum Gasteiger partial charge on any atom is -0.484 e. The van der Waals surface area contributed by atoms with Crippen molar-refractivity contribution in [3.8, 4) is 17.2 Å². The van der Waals surface area contributed by atoms with Gasteiger partial charge in [-0.15, -0.1) is 11.8 Å². The van der Waals surface area contributed by atoms with Gasteiger partial charge in [0.25, 0.3) is 5.91 Å². The van der Waals surface area contributed by atoms with E-state index in [2.05, 4.69) is 10.6 Å². The monoisotopic (exact) mass is 464 g/mol. The van der Waals surface area contributed by atoms with Gasteiger partial charge in [-0.05, 0) is 48.9 Å². The second kappa shape index (κ2) is 10.8. The van der Waals surface area contributed by atoms with E-state index in [1.54, 1.807) is 36.4 Å². The molecule has 0 spiro atoms. The van der Waals surface area contributed by atoms with Crippen molar-refractivity contribution in [1.82, 2.24) is 0 Å². The summed E-state index contributed by atoms with van der Waals surface area (Å²) < 4.78 is 16.2. The zero-order valence-electron chi connectivity index (χ0n) is 18.1. The zero-order chi connectivity index (χ0) is 23.0. The first-order valence-corrected chi connectivity index (χ1v) is 11.4. The van der Waals surface area contributed by atoms with Crippen molar-refractivity contribution in [3.63, 3.8) is 0 Å². The molecular weight excluding hydrogens is 440 g/mol. The Morgan fingerprint density at radius 1 is 0.939 bits per heavy atom. The fourth-order valence-electron chi connectivity index (χ4n) is 3.19. The standard InChI is InChI=1S/C25H24N2O5S/c1-2-23(25(29)27-18-11-12-21-22(14-18)32-16-31-21)33-20-10-6-7-17(13-20)26-24(28)15-30-19-8-4-3-5-9-19/h3-14,23H,2,15-16H2,1H3,(H,26,28)(H,27,29). The summed E-state index contributed by atoms with van der Waals surface area (Å²) in [4.78, 5) is 26.0. The lowest BCUT2D eigenvalue weighted by atomic mass is 10.2. The van der Waals surface area contributed by atoms with Crippen LogP contribution in [0.3, 0.4) is 0 Å². The topological polar surface area (TPSA) is 85.9 Å². The predicted molar refractivity (Wildman–Crippen MR) is 128 cm³/mol. The largest absolute Gasteiger partial charge is 0.484 e. The van der Waals surface area contributed by atoms with Crippen LogP contribution in [0.2, 0.25) is 0 Å². The van der Waals surface area contributed by atoms with Gasteiger partial charge in [0.05, 0.1) is 5.25 Å². The molecule has 0 fully saturated rings. The number of rotatable bonds is 9. The molecule has 3 aromatic carbocycles. The summed E-state index contributed by atoms with van der Waals surface area (Å²) in [6.45, 7) is 2.06. The Bertz CT molecular complexity index is 1120. The van der Waals surface area contributed by atoms with Gasteiger partial charge in [0.2, 0.25) is 12.7 Å². The van der Waals surface area contributed by atoms with Crippen molar-refractivity contribution in [2.45, 2.75) is 23.5 Å². The summed E-state index contributed by atoms with van der Waals surface area (Å²) in [5, 5.41) is 5.47. The fraction of sp³-hybridized carbons (Fsp3) is 0.200. The second-order valence-electron chi connectivity index (χ2n) is 7.25. The number of carbonyl (C=O) groups excluding carboxylic acids is 2. The third-order valence-corrected chi connectivity index (χ3v) is 6.17. The SMILES string of the molecule is CCC(Sc1cccc(NC(=O)COc2ccccc2)c1)C(=O)Nc1ccc2c(c1)OCO2. The van der Waals surface area contributed by atoms with Crippen LogP contribution in [0.1, 0.15) is 13.3 Å². The van der Waals surface area contributed by atoms with E-state index in [1.165, 1.54) is 11.8 Å². The minimum absolute atomic E-state index is 0.0864. The van der Waals surface area contributed by atoms with Gasteiger partial charge in [-0.3, -0.25) is 9.59 Å². The molecule has 1 atom stereocenters. The third kappa shape index (κ3) is 6.20. The number of anilines is 2. The molecule has 0 aliphatic carbocycles. The van der Waals surface area contributed by atoms with Crippen molar-refractivity contribution in [3.05, 3.63) is 72.8 Å². The van der Waals surface area contributed by atoms with Gasteiger partial charge < -0.3 is 24.8 Å². The van der Waals surface area contributed by atoms with Crippen molar-refractivity contribution < 1.29 is 23.8 Å². The summed E-state index contributed by atoms with van der Waals surface area (Å²) in [5.41, 5.74) is 1.30. The van der Waals surface area contributed by atoms with Crippen molar-refractivity contribution in [1.29, 1.82) is 0 Å². The van der Waals surface area contributed by atoms with Gasteiger partial charge >= 0.3 is 0 Å². The van der Waals surface area contributed by atoms with Crippen LogP contribution in [0.15, 0.2) is 77.7 Å². The zero-order valence-corrected chi connectivity index (χ0v) is 18.9. The van der Waals surface area contributed by atoms with Crippen LogP contribution < -0.4 is 24.8 Å². The minimum atomic E-state index is -0.303. The predicted octanol–water partition coefficient (Wildman–Crippen LogP) is 4.94. The number of para-hydroxylation sites is 1. The molecule has 170 valence electrons. The van der Waals surface area contributed by atoms with E-state index in [9.17, 15) is 9.59 Å². The van der Waals surface area contributed by atoms with Crippen LogP contribution in [0, 0.1) is 0 Å². The molecular formula is C25H24N2O5S. The molecule has 0 saturated carbocycles. The van der Waals surface area contributed by atoms with Crippen molar-refractivity contribution >= 4 is 35.0 Å². The molecule has 0 bridgehead atoms. The Morgan fingerprint density at radius 2 is 1.73 bits per heavy atom. The van der Waals surface area contributed by atoms with Crippen LogP contribution in [0.5, 0.6) is 17.2 Å². The van der Waals surface area contributed by atoms with E-state index >= 15 is 0 Å². The number of hydrogen-bond acceptors (Lipinski definition) is 6. The molecule has 1 aliphatic rings. The maximum atomic E-state index is 12.8. The lowest BCUT2D eigenvalue weighted by molar-refractivity contribution is -0.118. The van der Waals surface area contributed by atoms with Gasteiger partial charge in [-0.25, -0.2) is 0 Å². The molecule has 0 saturated heterocycles. The highest BCUT2D eigenvalue weighted by molar-refractivity contribution is 8.00. The van der Waals surface area contributed by atoms with Gasteiger partial charge in [-0.2, -0.15) is 0 Å². The number of amides is 2. The molecule has 0 radical (unpaired) electrons. The highest BCUT2D eigenvalue weighted by atomic mass is 32.2. The first-order chi connectivity index (χ1) is 16.1. The van der Waals surface area contributed by atoms with E-state index in [4.69, 9.17) is 14.2 Å². The average molecular weight is 465 g/mol. The molecule has 1 unspecified atom stereocenters. The highest BCUT2D eigenvalue weighted by Gasteiger charge is 2.20. The van der Waals surface area contributed by atoms with E-state index in [-0.39, 0.29) is 30.5 Å². The van der Waals surface area contributed by atoms with Gasteiger partial charge in [0.1, 0.15) is 5.75 Å². The van der Waals surface area contributed by atoms with E-state index < -0.39 is 0 Å². The second-order valence-corrected chi connectivity index (χ2v) is 8.53. The third-order valence-electron chi connectivity index (χ3n) is 4.81. The summed E-state index contributed by atoms with van der Waals surface area (Å²) >= 11 is 1.44. The quantitative estimate of drug-likeness (QED) is 0.436. The normalized spacial score (nSPS) is 12.6. The number of nitrogens with one attached hydrogen (secondary N) is 2. The van der Waals surface area contributed by atoms with E-state index in [1.807, 2.05) is 43.3 Å². The number of ether oxygens (including phenoxy) is 3. The van der Waals surface area contributed by atoms with Gasteiger partial charge in [0.15, 0.2) is 18.1 Å². The first kappa shape index (κ1) is 22.5. The van der Waals surface area contributed by atoms with Crippen LogP contribution in [-0.4, -0.2) is 30.5 Å². The molecule has 2 N–H and O–H groups in total. The van der Waals surface area contributed by atoms with E-state index in [0.717, 1.165) is 4.90 Å². The number of fused-ring (bicyclic) bond motifs is 1. The Kier molecular flexibility index (Phi) is 7.36. The van der Waals surface area contributed by atoms with Crippen molar-refractivity contribution in [2.75, 3.05) is 24.0 Å². The summed E-state index contributed by atoms with van der Waals surface area (Å²) in [7, 11) is 0.